The molecule has 2 aromatic rings. The number of alkyl halides is 3. The predicted molar refractivity (Wildman–Crippen MR) is 70.9 cm³/mol. The van der Waals surface area contributed by atoms with Crippen molar-refractivity contribution in [3.8, 4) is 11.4 Å². The lowest BCUT2D eigenvalue weighted by molar-refractivity contribution is -0.274. The molecule has 0 radical (unpaired) electrons. The van der Waals surface area contributed by atoms with Gasteiger partial charge in [-0.2, -0.15) is 5.10 Å². The molecule has 0 unspecified atom stereocenters. The van der Waals surface area contributed by atoms with E-state index >= 15 is 0 Å². The van der Waals surface area contributed by atoms with Gasteiger partial charge in [0.2, 0.25) is 0 Å². The first-order chi connectivity index (χ1) is 10.3. The van der Waals surface area contributed by atoms with Crippen LogP contribution in [-0.4, -0.2) is 28.7 Å². The lowest BCUT2D eigenvalue weighted by Gasteiger charge is -2.10. The summed E-state index contributed by atoms with van der Waals surface area (Å²) in [5.74, 6) is -0.824. The number of carbonyl (C=O) groups is 1. The molecule has 22 heavy (non-hydrogen) atoms. The molecule has 0 amide bonds. The first kappa shape index (κ1) is 15.9. The minimum Gasteiger partial charge on any atom is -0.462 e. The van der Waals surface area contributed by atoms with Crippen LogP contribution in [0.25, 0.3) is 5.69 Å². The molecule has 0 aliphatic rings. The van der Waals surface area contributed by atoms with Gasteiger partial charge in [-0.3, -0.25) is 0 Å². The summed E-state index contributed by atoms with van der Waals surface area (Å²) in [6.45, 7) is 3.60. The highest BCUT2D eigenvalue weighted by Crippen LogP contribution is 2.24. The first-order valence-corrected chi connectivity index (χ1v) is 6.39. The molecule has 118 valence electrons. The number of aromatic nitrogens is 2. The zero-order valence-corrected chi connectivity index (χ0v) is 11.8. The van der Waals surface area contributed by atoms with Gasteiger partial charge in [-0.25, -0.2) is 9.48 Å². The molecule has 8 heteroatoms. The third-order valence-electron chi connectivity index (χ3n) is 2.82. The molecule has 0 bridgehead atoms. The van der Waals surface area contributed by atoms with E-state index in [0.29, 0.717) is 16.9 Å². The molecule has 0 fully saturated rings. The van der Waals surface area contributed by atoms with Crippen molar-refractivity contribution in [1.82, 2.24) is 9.78 Å². The summed E-state index contributed by atoms with van der Waals surface area (Å²) in [6, 6.07) is 5.17. The Kier molecular flexibility index (Phi) is 4.39. The summed E-state index contributed by atoms with van der Waals surface area (Å²) in [6.07, 6.45) is -3.38. The fourth-order valence-corrected chi connectivity index (χ4v) is 1.87. The predicted octanol–water partition coefficient (Wildman–Crippen LogP) is 3.26. The summed E-state index contributed by atoms with van der Waals surface area (Å²) in [5.41, 5.74) is 1.34. The van der Waals surface area contributed by atoms with Crippen LogP contribution in [-0.2, 0) is 4.74 Å². The number of halogens is 3. The van der Waals surface area contributed by atoms with Gasteiger partial charge in [0, 0.05) is 0 Å². The molecule has 0 saturated carbocycles. The molecule has 0 aliphatic carbocycles. The van der Waals surface area contributed by atoms with Crippen molar-refractivity contribution in [2.24, 2.45) is 0 Å². The van der Waals surface area contributed by atoms with E-state index in [1.165, 1.54) is 35.1 Å². The van der Waals surface area contributed by atoms with Crippen molar-refractivity contribution in [3.63, 3.8) is 0 Å². The highest BCUT2D eigenvalue weighted by Gasteiger charge is 2.31. The zero-order chi connectivity index (χ0) is 16.3. The average Bonchev–Trinajstić information content (AvgIpc) is 2.80. The molecule has 0 atom stereocenters. The Bertz CT molecular complexity index is 663. The van der Waals surface area contributed by atoms with E-state index in [1.54, 1.807) is 13.8 Å². The SMILES string of the molecule is CCOC(=O)c1cnn(-c2ccc(OC(F)(F)F)cc2)c1C. The average molecular weight is 314 g/mol. The second kappa shape index (κ2) is 6.08. The van der Waals surface area contributed by atoms with Gasteiger partial charge in [0.15, 0.2) is 0 Å². The van der Waals surface area contributed by atoms with Crippen LogP contribution >= 0.6 is 0 Å². The summed E-state index contributed by atoms with van der Waals surface area (Å²) in [4.78, 5) is 11.7. The Morgan fingerprint density at radius 1 is 1.27 bits per heavy atom. The number of carbonyl (C=O) groups excluding carboxylic acids is 1. The Morgan fingerprint density at radius 2 is 1.91 bits per heavy atom. The van der Waals surface area contributed by atoms with Crippen molar-refractivity contribution < 1.29 is 27.4 Å². The maximum absolute atomic E-state index is 12.1. The van der Waals surface area contributed by atoms with Crippen LogP contribution in [0.3, 0.4) is 0 Å². The highest BCUT2D eigenvalue weighted by atomic mass is 19.4. The van der Waals surface area contributed by atoms with Gasteiger partial charge in [0.25, 0.3) is 0 Å². The number of hydrogen-bond acceptors (Lipinski definition) is 4. The highest BCUT2D eigenvalue weighted by molar-refractivity contribution is 5.90. The van der Waals surface area contributed by atoms with Gasteiger partial charge < -0.3 is 9.47 Å². The van der Waals surface area contributed by atoms with Crippen LogP contribution in [0.4, 0.5) is 13.2 Å². The molecule has 0 aliphatic heterocycles. The molecule has 5 nitrogen and oxygen atoms in total. The van der Waals surface area contributed by atoms with E-state index in [2.05, 4.69) is 9.84 Å². The summed E-state index contributed by atoms with van der Waals surface area (Å²) >= 11 is 0. The van der Waals surface area contributed by atoms with E-state index < -0.39 is 12.3 Å². The maximum Gasteiger partial charge on any atom is 0.573 e. The first-order valence-electron chi connectivity index (χ1n) is 6.39. The third-order valence-corrected chi connectivity index (χ3v) is 2.82. The lowest BCUT2D eigenvalue weighted by atomic mass is 10.2. The van der Waals surface area contributed by atoms with Gasteiger partial charge in [-0.15, -0.1) is 13.2 Å². The van der Waals surface area contributed by atoms with Gasteiger partial charge >= 0.3 is 12.3 Å². The molecular weight excluding hydrogens is 301 g/mol. The number of ether oxygens (including phenoxy) is 2. The van der Waals surface area contributed by atoms with Crippen LogP contribution < -0.4 is 4.74 Å². The minimum absolute atomic E-state index is 0.243. The van der Waals surface area contributed by atoms with Gasteiger partial charge in [-0.1, -0.05) is 0 Å². The Labute approximate surface area is 124 Å². The number of rotatable bonds is 4. The van der Waals surface area contributed by atoms with Crippen molar-refractivity contribution in [1.29, 1.82) is 0 Å². The van der Waals surface area contributed by atoms with Crippen LogP contribution in [0.1, 0.15) is 23.0 Å². The molecule has 0 saturated heterocycles. The van der Waals surface area contributed by atoms with Crippen LogP contribution in [0.15, 0.2) is 30.5 Å². The normalized spacial score (nSPS) is 11.3. The molecule has 1 aromatic carbocycles. The van der Waals surface area contributed by atoms with E-state index in [4.69, 9.17) is 4.74 Å². The summed E-state index contributed by atoms with van der Waals surface area (Å²) in [7, 11) is 0. The van der Waals surface area contributed by atoms with Crippen molar-refractivity contribution >= 4 is 5.97 Å². The number of benzene rings is 1. The molecule has 0 N–H and O–H groups in total. The molecule has 1 heterocycles. The fourth-order valence-electron chi connectivity index (χ4n) is 1.87. The number of nitrogens with zero attached hydrogens (tertiary/aromatic N) is 2. The second-order valence-corrected chi connectivity index (χ2v) is 4.32. The fraction of sp³-hybridized carbons (Fsp3) is 0.286. The van der Waals surface area contributed by atoms with Crippen LogP contribution in [0, 0.1) is 6.92 Å². The maximum atomic E-state index is 12.1. The monoisotopic (exact) mass is 314 g/mol. The smallest absolute Gasteiger partial charge is 0.462 e. The molecule has 1 aromatic heterocycles. The van der Waals surface area contributed by atoms with Crippen molar-refractivity contribution in [2.75, 3.05) is 6.61 Å². The van der Waals surface area contributed by atoms with E-state index in [1.807, 2.05) is 0 Å². The van der Waals surface area contributed by atoms with Gasteiger partial charge in [-0.05, 0) is 38.1 Å². The quantitative estimate of drug-likeness (QED) is 0.813. The van der Waals surface area contributed by atoms with E-state index in [-0.39, 0.29) is 12.4 Å². The largest absolute Gasteiger partial charge is 0.573 e. The Hall–Kier alpha value is -2.51. The molecule has 2 rings (SSSR count). The van der Waals surface area contributed by atoms with Crippen LogP contribution in [0.2, 0.25) is 0 Å². The summed E-state index contributed by atoms with van der Waals surface area (Å²) < 4.78 is 46.4. The number of esters is 1. The van der Waals surface area contributed by atoms with Crippen molar-refractivity contribution in [3.05, 3.63) is 41.7 Å². The second-order valence-electron chi connectivity index (χ2n) is 4.32. The lowest BCUT2D eigenvalue weighted by Crippen LogP contribution is -2.17. The Morgan fingerprint density at radius 3 is 2.45 bits per heavy atom. The van der Waals surface area contributed by atoms with E-state index in [9.17, 15) is 18.0 Å². The minimum atomic E-state index is -4.74. The summed E-state index contributed by atoms with van der Waals surface area (Å²) in [5, 5.41) is 4.05. The molecular formula is C14H13F3N2O3. The molecule has 0 spiro atoms. The van der Waals surface area contributed by atoms with Gasteiger partial charge in [0.05, 0.1) is 24.2 Å². The third kappa shape index (κ3) is 3.57. The van der Waals surface area contributed by atoms with Crippen LogP contribution in [0.5, 0.6) is 5.75 Å². The number of hydrogen-bond donors (Lipinski definition) is 0. The standard InChI is InChI=1S/C14H13F3N2O3/c1-3-21-13(20)12-8-18-19(9(12)2)10-4-6-11(7-5-10)22-14(15,16)17/h4-8H,3H2,1-2H3. The van der Waals surface area contributed by atoms with Crippen molar-refractivity contribution in [2.45, 2.75) is 20.2 Å². The van der Waals surface area contributed by atoms with Gasteiger partial charge in [0.1, 0.15) is 11.3 Å². The zero-order valence-electron chi connectivity index (χ0n) is 11.8. The van der Waals surface area contributed by atoms with E-state index in [0.717, 1.165) is 0 Å². The topological polar surface area (TPSA) is 53.3 Å². The Balaban J connectivity index is 2.24.